The van der Waals surface area contributed by atoms with Gasteiger partial charge in [0.15, 0.2) is 0 Å². The molecule has 0 unspecified atom stereocenters. The van der Waals surface area contributed by atoms with Crippen LogP contribution in [0.15, 0.2) is 18.2 Å². The minimum absolute atomic E-state index is 0.0659. The summed E-state index contributed by atoms with van der Waals surface area (Å²) in [6.07, 6.45) is 2.94. The van der Waals surface area contributed by atoms with Crippen molar-refractivity contribution in [3.8, 4) is 5.75 Å². The van der Waals surface area contributed by atoms with Crippen LogP contribution in [0, 0.1) is 5.92 Å². The van der Waals surface area contributed by atoms with Crippen LogP contribution in [0.2, 0.25) is 5.02 Å². The van der Waals surface area contributed by atoms with Crippen molar-refractivity contribution in [2.45, 2.75) is 18.9 Å². The maximum Gasteiger partial charge on any atom is 0.254 e. The fourth-order valence-corrected chi connectivity index (χ4v) is 4.47. The van der Waals surface area contributed by atoms with Crippen molar-refractivity contribution < 1.29 is 18.3 Å². The number of hydrogen-bond donors (Lipinski definition) is 1. The minimum Gasteiger partial charge on any atom is -0.506 e. The molecule has 1 aromatic carbocycles. The number of carbonyl (C=O) groups is 1. The molecule has 0 spiro atoms. The standard InChI is InChI=1S/C15H19ClN2O4S/c1-23(21,22)17-7-10-2-4-12(9-17)18(8-10)15(20)11-3-5-14(19)13(16)6-11/h3,5-6,10,12,19H,2,4,7-9H2,1H3/t10-,12+/m0/s1. The molecule has 2 atom stereocenters. The highest BCUT2D eigenvalue weighted by atomic mass is 35.5. The summed E-state index contributed by atoms with van der Waals surface area (Å²) in [6, 6.07) is 4.26. The highest BCUT2D eigenvalue weighted by Gasteiger charge is 2.39. The second-order valence-electron chi connectivity index (χ2n) is 6.30. The number of hydrogen-bond acceptors (Lipinski definition) is 4. The number of phenols is 1. The van der Waals surface area contributed by atoms with Crippen LogP contribution < -0.4 is 0 Å². The number of rotatable bonds is 2. The molecule has 0 aromatic heterocycles. The lowest BCUT2D eigenvalue weighted by Gasteiger charge is -2.36. The second kappa shape index (κ2) is 5.96. The number of fused-ring (bicyclic) bond motifs is 4. The average Bonchev–Trinajstić information content (AvgIpc) is 2.81. The van der Waals surface area contributed by atoms with Crippen LogP contribution in [0.4, 0.5) is 0 Å². The maximum atomic E-state index is 12.8. The third-order valence-electron chi connectivity index (χ3n) is 4.60. The van der Waals surface area contributed by atoms with Crippen molar-refractivity contribution >= 4 is 27.5 Å². The molecular weight excluding hydrogens is 340 g/mol. The summed E-state index contributed by atoms with van der Waals surface area (Å²) >= 11 is 5.88. The quantitative estimate of drug-likeness (QED) is 0.869. The maximum absolute atomic E-state index is 12.8. The van der Waals surface area contributed by atoms with Gasteiger partial charge >= 0.3 is 0 Å². The smallest absolute Gasteiger partial charge is 0.254 e. The fourth-order valence-electron chi connectivity index (χ4n) is 3.36. The number of aromatic hydroxyl groups is 1. The Kier molecular flexibility index (Phi) is 4.29. The van der Waals surface area contributed by atoms with Gasteiger partial charge in [0.05, 0.1) is 11.3 Å². The largest absolute Gasteiger partial charge is 0.506 e. The molecule has 3 fully saturated rings. The van der Waals surface area contributed by atoms with Gasteiger partial charge in [-0.05, 0) is 37.0 Å². The van der Waals surface area contributed by atoms with Gasteiger partial charge in [0.1, 0.15) is 5.75 Å². The molecule has 3 heterocycles. The zero-order valence-corrected chi connectivity index (χ0v) is 14.3. The summed E-state index contributed by atoms with van der Waals surface area (Å²) in [5.41, 5.74) is 0.409. The molecule has 4 rings (SSSR count). The number of sulfonamides is 1. The van der Waals surface area contributed by atoms with E-state index in [1.807, 2.05) is 0 Å². The van der Waals surface area contributed by atoms with E-state index >= 15 is 0 Å². The Morgan fingerprint density at radius 3 is 2.65 bits per heavy atom. The first kappa shape index (κ1) is 16.5. The van der Waals surface area contributed by atoms with Gasteiger partial charge in [-0.25, -0.2) is 8.42 Å². The second-order valence-corrected chi connectivity index (χ2v) is 8.69. The summed E-state index contributed by atoms with van der Waals surface area (Å²) in [4.78, 5) is 14.5. The first-order valence-corrected chi connectivity index (χ1v) is 9.73. The zero-order valence-electron chi connectivity index (χ0n) is 12.8. The summed E-state index contributed by atoms with van der Waals surface area (Å²) in [6.45, 7) is 1.36. The molecule has 0 saturated carbocycles. The fraction of sp³-hybridized carbons (Fsp3) is 0.533. The number of amides is 1. The molecule has 3 saturated heterocycles. The van der Waals surface area contributed by atoms with Crippen LogP contribution in [0.3, 0.4) is 0 Å². The first-order valence-electron chi connectivity index (χ1n) is 7.50. The van der Waals surface area contributed by atoms with Crippen LogP contribution in [0.25, 0.3) is 0 Å². The summed E-state index contributed by atoms with van der Waals surface area (Å²) in [5.74, 6) is -0.0826. The van der Waals surface area contributed by atoms with Crippen LogP contribution >= 0.6 is 11.6 Å². The third-order valence-corrected chi connectivity index (χ3v) is 6.14. The Hall–Kier alpha value is -1.31. The van der Waals surface area contributed by atoms with Crippen molar-refractivity contribution in [2.24, 2.45) is 5.92 Å². The summed E-state index contributed by atoms with van der Waals surface area (Å²) in [7, 11) is -3.26. The highest BCUT2D eigenvalue weighted by molar-refractivity contribution is 7.88. The Bertz CT molecular complexity index is 737. The van der Waals surface area contributed by atoms with E-state index in [9.17, 15) is 18.3 Å². The van der Waals surface area contributed by atoms with Gasteiger partial charge in [-0.3, -0.25) is 4.79 Å². The Morgan fingerprint density at radius 2 is 2.00 bits per heavy atom. The van der Waals surface area contributed by atoms with Gasteiger partial charge in [0.2, 0.25) is 10.0 Å². The molecule has 1 aromatic rings. The Balaban J connectivity index is 1.86. The monoisotopic (exact) mass is 358 g/mol. The predicted octanol–water partition coefficient (Wildman–Crippen LogP) is 1.54. The summed E-state index contributed by atoms with van der Waals surface area (Å²) in [5, 5.41) is 9.61. The van der Waals surface area contributed by atoms with E-state index in [1.54, 1.807) is 4.90 Å². The zero-order chi connectivity index (χ0) is 16.8. The normalized spacial score (nSPS) is 25.4. The average molecular weight is 359 g/mol. The first-order chi connectivity index (χ1) is 10.8. The molecule has 3 aliphatic rings. The lowest BCUT2D eigenvalue weighted by molar-refractivity contribution is 0.0589. The van der Waals surface area contributed by atoms with E-state index < -0.39 is 10.0 Å². The van der Waals surface area contributed by atoms with Crippen LogP contribution in [0.5, 0.6) is 5.75 Å². The highest BCUT2D eigenvalue weighted by Crippen LogP contribution is 2.31. The topological polar surface area (TPSA) is 77.9 Å². The van der Waals surface area contributed by atoms with Crippen molar-refractivity contribution in [3.05, 3.63) is 28.8 Å². The lowest BCUT2D eigenvalue weighted by Crippen LogP contribution is -2.47. The Labute approximate surface area is 140 Å². The lowest BCUT2D eigenvalue weighted by atomic mass is 9.94. The third kappa shape index (κ3) is 3.32. The number of carbonyl (C=O) groups excluding carboxylic acids is 1. The van der Waals surface area contributed by atoms with E-state index in [1.165, 1.54) is 28.8 Å². The van der Waals surface area contributed by atoms with Crippen molar-refractivity contribution in [1.29, 1.82) is 0 Å². The molecule has 6 nitrogen and oxygen atoms in total. The number of benzene rings is 1. The van der Waals surface area contributed by atoms with Gasteiger partial charge in [-0.15, -0.1) is 0 Å². The molecule has 1 amide bonds. The van der Waals surface area contributed by atoms with E-state index in [0.29, 0.717) is 25.2 Å². The van der Waals surface area contributed by atoms with Gasteiger partial charge in [-0.1, -0.05) is 11.6 Å². The molecule has 0 radical (unpaired) electrons. The summed E-state index contributed by atoms with van der Waals surface area (Å²) < 4.78 is 25.2. The minimum atomic E-state index is -3.26. The van der Waals surface area contributed by atoms with E-state index in [4.69, 9.17) is 11.6 Å². The predicted molar refractivity (Wildman–Crippen MR) is 87.1 cm³/mol. The molecule has 126 valence electrons. The molecule has 0 aliphatic carbocycles. The van der Waals surface area contributed by atoms with E-state index in [0.717, 1.165) is 12.8 Å². The van der Waals surface area contributed by atoms with Crippen molar-refractivity contribution in [1.82, 2.24) is 9.21 Å². The van der Waals surface area contributed by atoms with Gasteiger partial charge in [-0.2, -0.15) is 4.31 Å². The molecule has 2 bridgehead atoms. The van der Waals surface area contributed by atoms with Gasteiger partial charge in [0.25, 0.3) is 5.91 Å². The van der Waals surface area contributed by atoms with E-state index in [-0.39, 0.29) is 28.6 Å². The molecule has 23 heavy (non-hydrogen) atoms. The van der Waals surface area contributed by atoms with Crippen molar-refractivity contribution in [3.63, 3.8) is 0 Å². The van der Waals surface area contributed by atoms with Crippen LogP contribution in [-0.4, -0.2) is 60.6 Å². The van der Waals surface area contributed by atoms with Crippen molar-refractivity contribution in [2.75, 3.05) is 25.9 Å². The molecular formula is C15H19ClN2O4S. The number of phenolic OH excluding ortho intramolecular Hbond substituents is 1. The Morgan fingerprint density at radius 1 is 1.26 bits per heavy atom. The number of nitrogens with zero attached hydrogens (tertiary/aromatic N) is 2. The molecule has 8 heteroatoms. The van der Waals surface area contributed by atoms with Gasteiger partial charge < -0.3 is 10.0 Å². The molecule has 3 aliphatic heterocycles. The molecule has 1 N–H and O–H groups in total. The van der Waals surface area contributed by atoms with Crippen LogP contribution in [0.1, 0.15) is 23.2 Å². The number of piperidine rings is 1. The SMILES string of the molecule is CS(=O)(=O)N1C[C@@H]2CC[C@H](C1)N(C(=O)c1ccc(O)c(Cl)c1)C2. The van der Waals surface area contributed by atoms with E-state index in [2.05, 4.69) is 0 Å². The van der Waals surface area contributed by atoms with Gasteiger partial charge in [0, 0.05) is 31.2 Å². The number of halogens is 1. The van der Waals surface area contributed by atoms with Crippen LogP contribution in [-0.2, 0) is 10.0 Å².